The van der Waals surface area contributed by atoms with Gasteiger partial charge in [0.1, 0.15) is 5.75 Å². The summed E-state index contributed by atoms with van der Waals surface area (Å²) in [6.45, 7) is 6.63. The molecule has 0 radical (unpaired) electrons. The number of aryl methyl sites for hydroxylation is 1. The SMILES string of the molecule is Cc1cc(Oc2ccc(Br)cc2F)c(CNC(C)C)cn1. The van der Waals surface area contributed by atoms with Crippen molar-refractivity contribution < 1.29 is 9.13 Å². The molecule has 0 fully saturated rings. The van der Waals surface area contributed by atoms with Gasteiger partial charge in [0.25, 0.3) is 0 Å². The van der Waals surface area contributed by atoms with E-state index in [-0.39, 0.29) is 5.75 Å². The van der Waals surface area contributed by atoms with Gasteiger partial charge in [0.2, 0.25) is 0 Å². The second-order valence-electron chi connectivity index (χ2n) is 5.15. The molecule has 1 N–H and O–H groups in total. The van der Waals surface area contributed by atoms with Gasteiger partial charge in [-0.1, -0.05) is 29.8 Å². The van der Waals surface area contributed by atoms with Crippen LogP contribution >= 0.6 is 15.9 Å². The van der Waals surface area contributed by atoms with E-state index in [0.717, 1.165) is 11.3 Å². The molecule has 0 atom stereocenters. The molecule has 0 aliphatic heterocycles. The van der Waals surface area contributed by atoms with Crippen LogP contribution in [0.5, 0.6) is 11.5 Å². The first-order valence-corrected chi connectivity index (χ1v) is 7.57. The van der Waals surface area contributed by atoms with Crippen LogP contribution in [0.3, 0.4) is 0 Å². The van der Waals surface area contributed by atoms with Crippen molar-refractivity contribution in [1.29, 1.82) is 0 Å². The predicted octanol–water partition coefficient (Wildman–Crippen LogP) is 4.58. The average Bonchev–Trinajstić information content (AvgIpc) is 2.41. The number of nitrogens with one attached hydrogen (secondary N) is 1. The van der Waals surface area contributed by atoms with Crippen molar-refractivity contribution in [2.75, 3.05) is 0 Å². The summed E-state index contributed by atoms with van der Waals surface area (Å²) < 4.78 is 20.3. The number of hydrogen-bond donors (Lipinski definition) is 1. The maximum atomic E-state index is 13.9. The molecule has 0 aliphatic rings. The van der Waals surface area contributed by atoms with Crippen LogP contribution in [-0.4, -0.2) is 11.0 Å². The number of ether oxygens (including phenoxy) is 1. The Kier molecular flexibility index (Phi) is 5.31. The van der Waals surface area contributed by atoms with E-state index in [1.54, 1.807) is 18.3 Å². The minimum Gasteiger partial charge on any atom is -0.454 e. The quantitative estimate of drug-likeness (QED) is 0.854. The molecule has 1 heterocycles. The molecule has 0 saturated heterocycles. The Bertz CT molecular complexity index is 632. The summed E-state index contributed by atoms with van der Waals surface area (Å²) in [5, 5.41) is 3.31. The molecule has 5 heteroatoms. The fraction of sp³-hybridized carbons (Fsp3) is 0.312. The molecule has 2 rings (SSSR count). The van der Waals surface area contributed by atoms with Gasteiger partial charge in [-0.15, -0.1) is 0 Å². The lowest BCUT2D eigenvalue weighted by Crippen LogP contribution is -2.22. The lowest BCUT2D eigenvalue weighted by Gasteiger charge is -2.14. The van der Waals surface area contributed by atoms with Gasteiger partial charge in [-0.2, -0.15) is 0 Å². The number of aromatic nitrogens is 1. The Morgan fingerprint density at radius 1 is 1.29 bits per heavy atom. The highest BCUT2D eigenvalue weighted by Gasteiger charge is 2.10. The van der Waals surface area contributed by atoms with Gasteiger partial charge in [-0.3, -0.25) is 4.98 Å². The first kappa shape index (κ1) is 15.9. The summed E-state index contributed by atoms with van der Waals surface area (Å²) in [7, 11) is 0. The Labute approximate surface area is 132 Å². The summed E-state index contributed by atoms with van der Waals surface area (Å²) >= 11 is 3.23. The molecule has 112 valence electrons. The molecule has 0 aliphatic carbocycles. The van der Waals surface area contributed by atoms with Crippen molar-refractivity contribution in [1.82, 2.24) is 10.3 Å². The molecule has 21 heavy (non-hydrogen) atoms. The molecule has 0 bridgehead atoms. The summed E-state index contributed by atoms with van der Waals surface area (Å²) in [4.78, 5) is 4.27. The zero-order chi connectivity index (χ0) is 15.4. The number of rotatable bonds is 5. The molecular weight excluding hydrogens is 335 g/mol. The molecule has 0 unspecified atom stereocenters. The molecule has 0 spiro atoms. The van der Waals surface area contributed by atoms with E-state index in [1.807, 2.05) is 13.0 Å². The smallest absolute Gasteiger partial charge is 0.166 e. The van der Waals surface area contributed by atoms with E-state index in [9.17, 15) is 4.39 Å². The molecule has 2 aromatic rings. The van der Waals surface area contributed by atoms with Crippen molar-refractivity contribution in [2.45, 2.75) is 33.4 Å². The lowest BCUT2D eigenvalue weighted by molar-refractivity contribution is 0.432. The molecule has 1 aromatic carbocycles. The van der Waals surface area contributed by atoms with E-state index in [1.165, 1.54) is 6.07 Å². The first-order chi connectivity index (χ1) is 9.95. The third-order valence-electron chi connectivity index (χ3n) is 2.90. The Morgan fingerprint density at radius 2 is 2.05 bits per heavy atom. The third-order valence-corrected chi connectivity index (χ3v) is 3.39. The van der Waals surface area contributed by atoms with Gasteiger partial charge in [0, 0.05) is 40.6 Å². The topological polar surface area (TPSA) is 34.1 Å². The largest absolute Gasteiger partial charge is 0.454 e. The van der Waals surface area contributed by atoms with E-state index in [2.05, 4.69) is 40.1 Å². The van der Waals surface area contributed by atoms with Gasteiger partial charge >= 0.3 is 0 Å². The second-order valence-corrected chi connectivity index (χ2v) is 6.06. The van der Waals surface area contributed by atoms with Crippen LogP contribution < -0.4 is 10.1 Å². The maximum absolute atomic E-state index is 13.9. The van der Waals surface area contributed by atoms with E-state index in [0.29, 0.717) is 22.8 Å². The highest BCUT2D eigenvalue weighted by atomic mass is 79.9. The van der Waals surface area contributed by atoms with Crippen molar-refractivity contribution in [2.24, 2.45) is 0 Å². The number of halogens is 2. The van der Waals surface area contributed by atoms with Crippen molar-refractivity contribution in [3.63, 3.8) is 0 Å². The highest BCUT2D eigenvalue weighted by molar-refractivity contribution is 9.10. The van der Waals surface area contributed by atoms with Crippen LogP contribution in [0.1, 0.15) is 25.1 Å². The molecule has 0 amide bonds. The predicted molar refractivity (Wildman–Crippen MR) is 85.1 cm³/mol. The van der Waals surface area contributed by atoms with Gasteiger partial charge in [0.15, 0.2) is 11.6 Å². The van der Waals surface area contributed by atoms with Crippen LogP contribution in [0.25, 0.3) is 0 Å². The molecular formula is C16H18BrFN2O. The highest BCUT2D eigenvalue weighted by Crippen LogP contribution is 2.29. The number of nitrogens with zero attached hydrogens (tertiary/aromatic N) is 1. The maximum Gasteiger partial charge on any atom is 0.166 e. The Balaban J connectivity index is 2.27. The Hall–Kier alpha value is -1.46. The molecule has 1 aromatic heterocycles. The minimum absolute atomic E-state index is 0.203. The summed E-state index contributed by atoms with van der Waals surface area (Å²) in [5.74, 6) is 0.424. The van der Waals surface area contributed by atoms with E-state index in [4.69, 9.17) is 4.74 Å². The van der Waals surface area contributed by atoms with Crippen molar-refractivity contribution >= 4 is 15.9 Å². The third kappa shape index (κ3) is 4.51. The average molecular weight is 353 g/mol. The fourth-order valence-corrected chi connectivity index (χ4v) is 2.11. The molecule has 3 nitrogen and oxygen atoms in total. The number of pyridine rings is 1. The minimum atomic E-state index is -0.401. The summed E-state index contributed by atoms with van der Waals surface area (Å²) in [6, 6.07) is 6.91. The lowest BCUT2D eigenvalue weighted by atomic mass is 10.2. The van der Waals surface area contributed by atoms with E-state index >= 15 is 0 Å². The van der Waals surface area contributed by atoms with Gasteiger partial charge in [0.05, 0.1) is 0 Å². The van der Waals surface area contributed by atoms with Gasteiger partial charge in [-0.05, 0) is 25.1 Å². The van der Waals surface area contributed by atoms with Gasteiger partial charge in [-0.25, -0.2) is 4.39 Å². The van der Waals surface area contributed by atoms with Crippen LogP contribution in [0, 0.1) is 12.7 Å². The van der Waals surface area contributed by atoms with Crippen LogP contribution in [0.4, 0.5) is 4.39 Å². The normalized spacial score (nSPS) is 11.0. The van der Waals surface area contributed by atoms with Crippen LogP contribution in [0.2, 0.25) is 0 Å². The first-order valence-electron chi connectivity index (χ1n) is 6.77. The monoisotopic (exact) mass is 352 g/mol. The number of hydrogen-bond acceptors (Lipinski definition) is 3. The fourth-order valence-electron chi connectivity index (χ4n) is 1.78. The zero-order valence-electron chi connectivity index (χ0n) is 12.3. The van der Waals surface area contributed by atoms with Crippen molar-refractivity contribution in [3.05, 3.63) is 52.0 Å². The van der Waals surface area contributed by atoms with E-state index < -0.39 is 5.82 Å². The van der Waals surface area contributed by atoms with Crippen LogP contribution in [-0.2, 0) is 6.54 Å². The Morgan fingerprint density at radius 3 is 2.71 bits per heavy atom. The van der Waals surface area contributed by atoms with Crippen LogP contribution in [0.15, 0.2) is 34.9 Å². The summed E-state index contributed by atoms with van der Waals surface area (Å²) in [6.07, 6.45) is 1.76. The standard InChI is InChI=1S/C16H18BrFN2O/c1-10(2)19-8-12-9-20-11(3)6-16(12)21-15-5-4-13(17)7-14(15)18/h4-7,9-10,19H,8H2,1-3H3. The summed E-state index contributed by atoms with van der Waals surface area (Å²) in [5.41, 5.74) is 1.73. The zero-order valence-corrected chi connectivity index (χ0v) is 13.9. The van der Waals surface area contributed by atoms with Crippen molar-refractivity contribution in [3.8, 4) is 11.5 Å². The number of benzene rings is 1. The second kappa shape index (κ2) is 7.00. The molecule has 0 saturated carbocycles. The van der Waals surface area contributed by atoms with Gasteiger partial charge < -0.3 is 10.1 Å².